The van der Waals surface area contributed by atoms with Crippen molar-refractivity contribution >= 4 is 84.5 Å². The predicted molar refractivity (Wildman–Crippen MR) is 305 cm³/mol. The lowest BCUT2D eigenvalue weighted by molar-refractivity contribution is 0.0206. The number of benzene rings is 2. The third-order valence-electron chi connectivity index (χ3n) is 12.5. The van der Waals surface area contributed by atoms with Gasteiger partial charge in [-0.1, -0.05) is 16.8 Å². The van der Waals surface area contributed by atoms with Crippen LogP contribution in [0.4, 0.5) is 28.3 Å². The Hall–Kier alpha value is -7.78. The van der Waals surface area contributed by atoms with E-state index in [0.717, 1.165) is 80.9 Å². The summed E-state index contributed by atoms with van der Waals surface area (Å²) in [5, 5.41) is 40.6. The van der Waals surface area contributed by atoms with E-state index >= 15 is 0 Å². The number of hydrogen-bond donors (Lipinski definition) is 5. The number of carbonyl (C=O) groups is 1. The molecule has 2 aromatic carbocycles. The largest absolute Gasteiger partial charge is 0.480 e. The molecule has 430 valence electrons. The van der Waals surface area contributed by atoms with Crippen molar-refractivity contribution in [2.75, 3.05) is 106 Å². The Morgan fingerprint density at radius 3 is 1.89 bits per heavy atom. The summed E-state index contributed by atoms with van der Waals surface area (Å²) in [6.45, 7) is 18.2. The fourth-order valence-corrected chi connectivity index (χ4v) is 10.9. The summed E-state index contributed by atoms with van der Waals surface area (Å²) in [7, 11) is 1.63. The van der Waals surface area contributed by atoms with E-state index in [4.69, 9.17) is 61.2 Å². The zero-order valence-electron chi connectivity index (χ0n) is 45.6. The first-order valence-corrected chi connectivity index (χ1v) is 28.0. The molecule has 5 N–H and O–H groups in total. The third-order valence-corrected chi connectivity index (χ3v) is 14.7. The quantitative estimate of drug-likeness (QED) is 0.0500. The van der Waals surface area contributed by atoms with Gasteiger partial charge in [0.15, 0.2) is 0 Å². The minimum absolute atomic E-state index is 0.0104. The van der Waals surface area contributed by atoms with Gasteiger partial charge in [0.2, 0.25) is 17.8 Å². The number of fused-ring (bicyclic) bond motifs is 2. The first-order chi connectivity index (χ1) is 39.3. The van der Waals surface area contributed by atoms with Gasteiger partial charge in [0.25, 0.3) is 5.56 Å². The van der Waals surface area contributed by atoms with Crippen molar-refractivity contribution in [2.24, 2.45) is 56.9 Å². The highest BCUT2D eigenvalue weighted by Crippen LogP contribution is 2.41. The second kappa shape index (κ2) is 29.1. The van der Waals surface area contributed by atoms with Gasteiger partial charge in [0, 0.05) is 57.9 Å². The van der Waals surface area contributed by atoms with E-state index < -0.39 is 5.60 Å². The number of nitrogens with one attached hydrogen (secondary N) is 5. The number of carbonyl (C=O) groups excluding carboxylic acids is 1. The first kappa shape index (κ1) is 59.3. The molecule has 0 saturated carbocycles. The lowest BCUT2D eigenvalue weighted by Crippen LogP contribution is -2.47. The molecule has 4 aliphatic heterocycles. The molecule has 0 spiro atoms. The lowest BCUT2D eigenvalue weighted by atomic mass is 10.1. The minimum atomic E-state index is -0.539. The van der Waals surface area contributed by atoms with E-state index in [9.17, 15) is 9.59 Å². The molecule has 0 bridgehead atoms. The van der Waals surface area contributed by atoms with Crippen molar-refractivity contribution in [3.8, 4) is 27.0 Å². The molecule has 0 unspecified atom stereocenters. The van der Waals surface area contributed by atoms with E-state index in [1.54, 1.807) is 23.3 Å². The van der Waals surface area contributed by atoms with Gasteiger partial charge in [-0.3, -0.25) is 9.78 Å². The number of thiazole rings is 2. The van der Waals surface area contributed by atoms with E-state index in [1.165, 1.54) is 11.3 Å². The fourth-order valence-electron chi connectivity index (χ4n) is 8.87. The maximum atomic E-state index is 13.2. The lowest BCUT2D eigenvalue weighted by Gasteiger charge is -2.35. The Morgan fingerprint density at radius 1 is 0.741 bits per heavy atom. The van der Waals surface area contributed by atoms with Crippen LogP contribution in [0.25, 0.3) is 41.6 Å². The van der Waals surface area contributed by atoms with Gasteiger partial charge in [-0.05, 0) is 154 Å². The van der Waals surface area contributed by atoms with Gasteiger partial charge in [-0.2, -0.15) is 20.5 Å². The number of aryl methyl sites for hydroxylation is 2. The number of aromatic amines is 1. The highest BCUT2D eigenvalue weighted by molar-refractivity contribution is 7.22. The number of halogens is 1. The smallest absolute Gasteiger partial charge is 0.410 e. The molecule has 2 atom stereocenters. The topological polar surface area (TPSA) is 357 Å². The van der Waals surface area contributed by atoms with Gasteiger partial charge in [-0.15, -0.1) is 22.7 Å². The Balaban J connectivity index is 0.000000178. The van der Waals surface area contributed by atoms with E-state index in [2.05, 4.69) is 131 Å². The highest BCUT2D eigenvalue weighted by Gasteiger charge is 2.31. The van der Waals surface area contributed by atoms with Crippen LogP contribution in [0.5, 0.6) is 5.88 Å². The highest BCUT2D eigenvalue weighted by atomic mass is 35.5. The number of morpholine rings is 2. The zero-order valence-corrected chi connectivity index (χ0v) is 48.0. The molecule has 4 saturated heterocycles. The molecule has 8 heterocycles. The number of likely N-dealkylation sites (tertiary alicyclic amines) is 1. The van der Waals surface area contributed by atoms with Crippen LogP contribution in [-0.4, -0.2) is 144 Å². The molecule has 1 amide bonds. The molecule has 4 aliphatic rings. The third kappa shape index (κ3) is 16.9. The number of rotatable bonds is 14. The van der Waals surface area contributed by atoms with Crippen LogP contribution < -0.4 is 36.0 Å². The van der Waals surface area contributed by atoms with E-state index in [1.807, 2.05) is 27.7 Å². The summed E-state index contributed by atoms with van der Waals surface area (Å²) < 4.78 is 27.3. The molecular formula is C48H63ClN24O6S2. The van der Waals surface area contributed by atoms with Crippen molar-refractivity contribution in [3.05, 3.63) is 57.9 Å². The molecular weight excluding hydrogens is 1110 g/mol. The molecule has 10 rings (SSSR count). The molecule has 0 radical (unpaired) electrons. The first-order valence-electron chi connectivity index (χ1n) is 26.0. The predicted octanol–water partition coefficient (Wildman–Crippen LogP) is 10.1. The standard InChI is InChI=1S/C27H36N6O4S.C21H26N6O2S.ClHN12/c1-17-8-9-20-19(15-17)29-24(38-20)21-22(30-25(31-23(21)35-5)32-11-13-36-14-12-32)28-18-7-6-10-33(16-18)26(34)37-27(2,3)4;1-13-4-5-16-15(11-13)24-20(30-16)17-18(23-14-3-2-6-22-12-14)25-21(26-19(17)28)27-7-9-29-10-8-27;1-3-5-7-9-11-13-12-10-8-6-4-2/h8-9,15,18H,6-7,10-14,16H2,1-5H3,(H,28,30,31);4-5,11,14,22H,2-3,6-10,12H2,1H3,(H2,23,25,26,28);2H/b;;4-2?,5-3?,8-6+,9-7+,12-10+,13-11+/t18-;14-;/m11./s1. The number of ether oxygens (including phenoxy) is 4. The molecule has 30 nitrogen and oxygen atoms in total. The van der Waals surface area contributed by atoms with Gasteiger partial charge < -0.3 is 49.6 Å². The summed E-state index contributed by atoms with van der Waals surface area (Å²) in [6.07, 6.45) is 3.63. The summed E-state index contributed by atoms with van der Waals surface area (Å²) in [6, 6.07) is 12.7. The van der Waals surface area contributed by atoms with Crippen LogP contribution in [0.2, 0.25) is 0 Å². The zero-order chi connectivity index (χ0) is 57.1. The van der Waals surface area contributed by atoms with Crippen LogP contribution in [0.3, 0.4) is 0 Å². The molecule has 0 aliphatic carbocycles. The monoisotopic (exact) mass is 1170 g/mol. The molecule has 4 aromatic heterocycles. The Bertz CT molecular complexity index is 3290. The summed E-state index contributed by atoms with van der Waals surface area (Å²) >= 11 is 7.85. The number of piperidine rings is 2. The van der Waals surface area contributed by atoms with Crippen molar-refractivity contribution in [1.29, 1.82) is 5.53 Å². The number of hydrogen-bond acceptors (Lipinski definition) is 20. The Morgan fingerprint density at radius 2 is 1.31 bits per heavy atom. The number of anilines is 4. The van der Waals surface area contributed by atoms with Crippen LogP contribution >= 0.6 is 34.5 Å². The normalized spacial score (nSPS) is 18.2. The Kier molecular flexibility index (Phi) is 21.3. The summed E-state index contributed by atoms with van der Waals surface area (Å²) in [5.74, 6) is 2.93. The molecule has 33 heteroatoms. The number of amides is 1. The van der Waals surface area contributed by atoms with Crippen LogP contribution in [0.15, 0.2) is 98.1 Å². The van der Waals surface area contributed by atoms with Crippen molar-refractivity contribution in [2.45, 2.75) is 78.0 Å². The molecule has 4 fully saturated rings. The average Bonchev–Trinajstić information content (AvgIpc) is 4.10. The Labute approximate surface area is 477 Å². The second-order valence-corrected chi connectivity index (χ2v) is 21.8. The van der Waals surface area contributed by atoms with Crippen molar-refractivity contribution in [3.63, 3.8) is 0 Å². The minimum Gasteiger partial charge on any atom is -0.480 e. The van der Waals surface area contributed by atoms with Gasteiger partial charge in [-0.25, -0.2) is 14.8 Å². The average molecular weight is 1170 g/mol. The summed E-state index contributed by atoms with van der Waals surface area (Å²) in [5.41, 5.74) is 10.9. The van der Waals surface area contributed by atoms with Crippen molar-refractivity contribution < 1.29 is 23.7 Å². The van der Waals surface area contributed by atoms with Gasteiger partial charge in [0.1, 0.15) is 38.4 Å². The van der Waals surface area contributed by atoms with E-state index in [-0.39, 0.29) is 23.7 Å². The van der Waals surface area contributed by atoms with Gasteiger partial charge >= 0.3 is 6.09 Å². The second-order valence-electron chi connectivity index (χ2n) is 19.6. The van der Waals surface area contributed by atoms with Gasteiger partial charge in [0.05, 0.1) is 65.7 Å². The maximum Gasteiger partial charge on any atom is 0.410 e. The van der Waals surface area contributed by atoms with Crippen LogP contribution in [0.1, 0.15) is 57.6 Å². The number of methoxy groups -OCH3 is 1. The molecule has 81 heavy (non-hydrogen) atoms. The fraction of sp³-hybridized carbons (Fsp3) is 0.521. The van der Waals surface area contributed by atoms with Crippen LogP contribution in [0, 0.1) is 19.4 Å². The SMILES string of the molecule is COc1nc(N2CCOCC2)nc(N[C@@H]2CCCN(C(=O)OC(C)(C)C)C2)c1-c1nc2cc(C)ccc2s1.Cc1ccc2sc(-c3c(N[C@@H]4CCCNC4)nc(N4CCOCC4)[nH]c3=O)nc2c1.N=N/N=N/N=N/N=N/N=N/N=NCl. The maximum absolute atomic E-state index is 13.2. The van der Waals surface area contributed by atoms with Crippen LogP contribution in [-0.2, 0) is 14.2 Å². The number of nitrogens with zero attached hydrogens (tertiary/aromatic N) is 19. The molecule has 6 aromatic rings. The number of aromatic nitrogens is 6. The van der Waals surface area contributed by atoms with E-state index in [0.29, 0.717) is 106 Å². The number of H-pyrrole nitrogens is 1. The van der Waals surface area contributed by atoms with Crippen molar-refractivity contribution in [1.82, 2.24) is 40.1 Å². The summed E-state index contributed by atoms with van der Waals surface area (Å²) in [4.78, 5) is 59.3.